The van der Waals surface area contributed by atoms with Crippen molar-refractivity contribution in [3.63, 3.8) is 0 Å². The Balaban J connectivity index is 1.64. The quantitative estimate of drug-likeness (QED) is 0.709. The number of amides is 1. The Bertz CT molecular complexity index is 697. The van der Waals surface area contributed by atoms with Crippen molar-refractivity contribution in [1.82, 2.24) is 14.2 Å². The summed E-state index contributed by atoms with van der Waals surface area (Å²) in [5.74, 6) is 0.120. The van der Waals surface area contributed by atoms with Crippen LogP contribution in [0.4, 0.5) is 0 Å². The molecule has 1 atom stereocenters. The Morgan fingerprint density at radius 2 is 1.88 bits per heavy atom. The number of thioether (sulfide) groups is 1. The van der Waals surface area contributed by atoms with E-state index in [1.165, 1.54) is 22.3 Å². The molecule has 2 aliphatic heterocycles. The molecule has 0 saturated carbocycles. The number of nitrogens with zero attached hydrogens (tertiary/aromatic N) is 3. The van der Waals surface area contributed by atoms with Gasteiger partial charge in [0.05, 0.1) is 23.5 Å². The highest BCUT2D eigenvalue weighted by atomic mass is 32.2. The number of ether oxygens (including phenoxy) is 1. The van der Waals surface area contributed by atoms with E-state index in [9.17, 15) is 13.2 Å². The molecule has 0 aromatic carbocycles. The van der Waals surface area contributed by atoms with Gasteiger partial charge in [-0.05, 0) is 31.9 Å². The molecule has 2 saturated heterocycles. The second-order valence-electron chi connectivity index (χ2n) is 6.14. The first-order valence-electron chi connectivity index (χ1n) is 8.48. The predicted octanol–water partition coefficient (Wildman–Crippen LogP) is 1.21. The summed E-state index contributed by atoms with van der Waals surface area (Å²) < 4.78 is 31.7. The van der Waals surface area contributed by atoms with Crippen LogP contribution in [-0.4, -0.2) is 73.2 Å². The third-order valence-corrected chi connectivity index (χ3v) is 7.30. The number of aromatic nitrogens is 1. The highest BCUT2D eigenvalue weighted by molar-refractivity contribution is 8.00. The number of sulfonamides is 1. The van der Waals surface area contributed by atoms with Gasteiger partial charge in [-0.3, -0.25) is 4.79 Å². The second-order valence-corrected chi connectivity index (χ2v) is 9.44. The lowest BCUT2D eigenvalue weighted by Gasteiger charge is -2.25. The molecule has 0 aliphatic carbocycles. The minimum absolute atomic E-state index is 0.120. The predicted molar refractivity (Wildman–Crippen MR) is 94.9 cm³/mol. The van der Waals surface area contributed by atoms with Crippen LogP contribution in [0.2, 0.25) is 0 Å². The fourth-order valence-electron chi connectivity index (χ4n) is 2.95. The lowest BCUT2D eigenvalue weighted by molar-refractivity contribution is -0.129. The zero-order valence-corrected chi connectivity index (χ0v) is 15.9. The van der Waals surface area contributed by atoms with Crippen LogP contribution in [0.25, 0.3) is 0 Å². The molecular weight excluding hydrogens is 362 g/mol. The average molecular weight is 386 g/mol. The third-order valence-electron chi connectivity index (χ3n) is 4.38. The zero-order valence-electron chi connectivity index (χ0n) is 14.3. The van der Waals surface area contributed by atoms with Crippen LogP contribution < -0.4 is 0 Å². The summed E-state index contributed by atoms with van der Waals surface area (Å²) in [6.07, 6.45) is 3.51. The molecule has 0 unspecified atom stereocenters. The van der Waals surface area contributed by atoms with E-state index in [4.69, 9.17) is 4.74 Å². The van der Waals surface area contributed by atoms with Crippen LogP contribution in [0.5, 0.6) is 0 Å². The summed E-state index contributed by atoms with van der Waals surface area (Å²) in [5, 5.41) is 0.424. The van der Waals surface area contributed by atoms with Gasteiger partial charge in [0.15, 0.2) is 0 Å². The van der Waals surface area contributed by atoms with Crippen LogP contribution in [-0.2, 0) is 19.6 Å². The molecule has 1 aromatic heterocycles. The molecule has 0 bridgehead atoms. The summed E-state index contributed by atoms with van der Waals surface area (Å²) in [4.78, 5) is 18.7. The molecule has 3 rings (SSSR count). The van der Waals surface area contributed by atoms with E-state index in [1.807, 2.05) is 11.8 Å². The maximum Gasteiger partial charge on any atom is 0.244 e. The average Bonchev–Trinajstić information content (AvgIpc) is 3.17. The van der Waals surface area contributed by atoms with Gasteiger partial charge in [-0.1, -0.05) is 11.8 Å². The summed E-state index contributed by atoms with van der Waals surface area (Å²) in [5.41, 5.74) is 0. The van der Waals surface area contributed by atoms with Gasteiger partial charge in [0.2, 0.25) is 15.9 Å². The van der Waals surface area contributed by atoms with Crippen LogP contribution >= 0.6 is 11.8 Å². The van der Waals surface area contributed by atoms with Gasteiger partial charge in [0.25, 0.3) is 0 Å². The smallest absolute Gasteiger partial charge is 0.244 e. The van der Waals surface area contributed by atoms with E-state index in [2.05, 4.69) is 4.98 Å². The lowest BCUT2D eigenvalue weighted by atomic mass is 10.4. The van der Waals surface area contributed by atoms with Gasteiger partial charge >= 0.3 is 0 Å². The minimum atomic E-state index is -3.53. The number of rotatable bonds is 5. The van der Waals surface area contributed by atoms with Gasteiger partial charge in [-0.15, -0.1) is 0 Å². The molecule has 7 nitrogen and oxygen atoms in total. The molecule has 25 heavy (non-hydrogen) atoms. The van der Waals surface area contributed by atoms with E-state index in [1.54, 1.807) is 12.1 Å². The van der Waals surface area contributed by atoms with Gasteiger partial charge < -0.3 is 9.64 Å². The SMILES string of the molecule is C[C@@H](Sc1ccc(S(=O)(=O)N2CCOCC2)cn1)C(=O)N1CCCC1. The molecule has 0 radical (unpaired) electrons. The molecule has 1 aromatic rings. The lowest BCUT2D eigenvalue weighted by Crippen LogP contribution is -2.40. The van der Waals surface area contributed by atoms with Gasteiger partial charge in [0.1, 0.15) is 4.90 Å². The van der Waals surface area contributed by atoms with E-state index in [0.717, 1.165) is 25.9 Å². The standard InChI is InChI=1S/C16H23N3O4S2/c1-13(16(20)18-6-2-3-7-18)24-15-5-4-14(12-17-15)25(21,22)19-8-10-23-11-9-19/h4-5,12-13H,2-3,6-11H2,1H3/t13-/m1/s1. The van der Waals surface area contributed by atoms with Crippen molar-refractivity contribution >= 4 is 27.7 Å². The molecular formula is C16H23N3O4S2. The summed E-state index contributed by atoms with van der Waals surface area (Å²) in [7, 11) is -3.53. The number of pyridine rings is 1. The monoisotopic (exact) mass is 385 g/mol. The fourth-order valence-corrected chi connectivity index (χ4v) is 5.18. The largest absolute Gasteiger partial charge is 0.379 e. The third kappa shape index (κ3) is 4.33. The maximum atomic E-state index is 12.6. The van der Waals surface area contributed by atoms with Crippen molar-refractivity contribution in [2.45, 2.75) is 34.9 Å². The Morgan fingerprint density at radius 1 is 1.20 bits per heavy atom. The second kappa shape index (κ2) is 8.03. The van der Waals surface area contributed by atoms with Crippen LogP contribution in [0.1, 0.15) is 19.8 Å². The van der Waals surface area contributed by atoms with Crippen molar-refractivity contribution in [3.8, 4) is 0 Å². The number of hydrogen-bond acceptors (Lipinski definition) is 6. The Kier molecular flexibility index (Phi) is 5.98. The molecule has 1 amide bonds. The normalized spacial score (nSPS) is 20.6. The Morgan fingerprint density at radius 3 is 2.48 bits per heavy atom. The van der Waals surface area contributed by atoms with E-state index in [0.29, 0.717) is 31.3 Å². The van der Waals surface area contributed by atoms with Crippen LogP contribution in [0.3, 0.4) is 0 Å². The van der Waals surface area contributed by atoms with Crippen molar-refractivity contribution in [1.29, 1.82) is 0 Å². The van der Waals surface area contributed by atoms with Crippen LogP contribution in [0.15, 0.2) is 28.3 Å². The molecule has 138 valence electrons. The molecule has 2 aliphatic rings. The fraction of sp³-hybridized carbons (Fsp3) is 0.625. The first-order valence-corrected chi connectivity index (χ1v) is 10.8. The van der Waals surface area contributed by atoms with Crippen molar-refractivity contribution < 1.29 is 17.9 Å². The Labute approximate surface area is 152 Å². The van der Waals surface area contributed by atoms with E-state index < -0.39 is 10.0 Å². The minimum Gasteiger partial charge on any atom is -0.379 e. The van der Waals surface area contributed by atoms with Crippen molar-refractivity contribution in [3.05, 3.63) is 18.3 Å². The molecule has 2 fully saturated rings. The number of hydrogen-bond donors (Lipinski definition) is 0. The molecule has 0 spiro atoms. The summed E-state index contributed by atoms with van der Waals surface area (Å²) in [6.45, 7) is 5.07. The molecule has 3 heterocycles. The van der Waals surface area contributed by atoms with Crippen molar-refractivity contribution in [2.75, 3.05) is 39.4 Å². The Hall–Kier alpha value is -1.16. The number of likely N-dealkylation sites (tertiary alicyclic amines) is 1. The van der Waals surface area contributed by atoms with E-state index >= 15 is 0 Å². The topological polar surface area (TPSA) is 79.8 Å². The molecule has 9 heteroatoms. The first kappa shape index (κ1) is 18.6. The highest BCUT2D eigenvalue weighted by Gasteiger charge is 2.27. The number of morpholine rings is 1. The van der Waals surface area contributed by atoms with Crippen molar-refractivity contribution in [2.24, 2.45) is 0 Å². The summed E-state index contributed by atoms with van der Waals surface area (Å²) in [6, 6.07) is 3.24. The van der Waals surface area contributed by atoms with Gasteiger partial charge in [-0.2, -0.15) is 4.31 Å². The molecule has 0 N–H and O–H groups in total. The summed E-state index contributed by atoms with van der Waals surface area (Å²) >= 11 is 1.36. The van der Waals surface area contributed by atoms with Gasteiger partial charge in [0, 0.05) is 32.4 Å². The number of carbonyl (C=O) groups is 1. The van der Waals surface area contributed by atoms with Gasteiger partial charge in [-0.25, -0.2) is 13.4 Å². The van der Waals surface area contributed by atoms with E-state index in [-0.39, 0.29) is 16.1 Å². The van der Waals surface area contributed by atoms with Crippen LogP contribution in [0, 0.1) is 0 Å². The zero-order chi connectivity index (χ0) is 17.9. The maximum absolute atomic E-state index is 12.6. The first-order chi connectivity index (χ1) is 12.0. The number of carbonyl (C=O) groups excluding carboxylic acids is 1. The highest BCUT2D eigenvalue weighted by Crippen LogP contribution is 2.25.